The summed E-state index contributed by atoms with van der Waals surface area (Å²) >= 11 is 0. The van der Waals surface area contributed by atoms with E-state index in [0.29, 0.717) is 33.5 Å². The minimum absolute atomic E-state index is 0.202. The smallest absolute Gasteiger partial charge is 0.268 e. The second-order valence-corrected chi connectivity index (χ2v) is 7.69. The lowest BCUT2D eigenvalue weighted by atomic mass is 10.2. The van der Waals surface area contributed by atoms with Gasteiger partial charge in [-0.15, -0.1) is 0 Å². The van der Waals surface area contributed by atoms with Crippen LogP contribution in [0.15, 0.2) is 94.8 Å². The first kappa shape index (κ1) is 19.1. The highest BCUT2D eigenvalue weighted by molar-refractivity contribution is 6.05. The Balaban J connectivity index is 1.73. The van der Waals surface area contributed by atoms with Gasteiger partial charge >= 0.3 is 0 Å². The molecule has 3 aromatic carbocycles. The van der Waals surface area contributed by atoms with E-state index in [9.17, 15) is 4.79 Å². The van der Waals surface area contributed by atoms with E-state index in [4.69, 9.17) is 15.0 Å². The van der Waals surface area contributed by atoms with Crippen LogP contribution >= 0.6 is 0 Å². The summed E-state index contributed by atoms with van der Waals surface area (Å²) in [6.07, 6.45) is 1.73. The Bertz CT molecular complexity index is 1730. The van der Waals surface area contributed by atoms with Crippen molar-refractivity contribution in [3.8, 4) is 5.69 Å². The molecule has 6 aromatic rings. The highest BCUT2D eigenvalue weighted by Gasteiger charge is 2.21. The summed E-state index contributed by atoms with van der Waals surface area (Å²) in [4.78, 5) is 28.2. The van der Waals surface area contributed by atoms with Gasteiger partial charge in [0.1, 0.15) is 16.7 Å². The zero-order chi connectivity index (χ0) is 22.4. The van der Waals surface area contributed by atoms with Crippen molar-refractivity contribution in [2.45, 2.75) is 6.92 Å². The summed E-state index contributed by atoms with van der Waals surface area (Å²) in [6, 6.07) is 26.8. The molecule has 3 aromatic heterocycles. The average Bonchev–Trinajstić information content (AvgIpc) is 3.14. The van der Waals surface area contributed by atoms with Gasteiger partial charge in [0.25, 0.3) is 5.56 Å². The maximum Gasteiger partial charge on any atom is 0.269 e. The second kappa shape index (κ2) is 7.49. The minimum Gasteiger partial charge on any atom is -0.268 e. The summed E-state index contributed by atoms with van der Waals surface area (Å²) in [6.45, 7) is 1.81. The average molecular weight is 430 g/mol. The molecule has 0 aliphatic rings. The van der Waals surface area contributed by atoms with Gasteiger partial charge in [-0.3, -0.25) is 9.36 Å². The number of aromatic nitrogens is 5. The molecule has 158 valence electrons. The first-order valence-electron chi connectivity index (χ1n) is 10.6. The van der Waals surface area contributed by atoms with Gasteiger partial charge in [0, 0.05) is 0 Å². The van der Waals surface area contributed by atoms with E-state index >= 15 is 0 Å². The molecule has 0 saturated carbocycles. The molecule has 0 bridgehead atoms. The van der Waals surface area contributed by atoms with Gasteiger partial charge < -0.3 is 0 Å². The summed E-state index contributed by atoms with van der Waals surface area (Å²) in [5.74, 6) is 0.558. The lowest BCUT2D eigenvalue weighted by Crippen LogP contribution is -2.22. The minimum atomic E-state index is -0.202. The molecular formula is C26H18N6O. The quantitative estimate of drug-likeness (QED) is 0.388. The molecule has 33 heavy (non-hydrogen) atoms. The Morgan fingerprint density at radius 1 is 0.758 bits per heavy atom. The van der Waals surface area contributed by atoms with E-state index < -0.39 is 0 Å². The Morgan fingerprint density at radius 2 is 1.39 bits per heavy atom. The number of fused-ring (bicyclic) bond motifs is 4. The lowest BCUT2D eigenvalue weighted by molar-refractivity contribution is 0.865. The van der Waals surface area contributed by atoms with Crippen LogP contribution in [0.2, 0.25) is 0 Å². The van der Waals surface area contributed by atoms with Crippen LogP contribution in [-0.4, -0.2) is 30.4 Å². The number of nitrogens with zero attached hydrogens (tertiary/aromatic N) is 6. The molecule has 0 fully saturated rings. The van der Waals surface area contributed by atoms with Crippen LogP contribution in [0.5, 0.6) is 0 Å². The van der Waals surface area contributed by atoms with E-state index in [0.717, 1.165) is 16.8 Å². The van der Waals surface area contributed by atoms with Gasteiger partial charge in [0.05, 0.1) is 22.9 Å². The van der Waals surface area contributed by atoms with Gasteiger partial charge in [-0.1, -0.05) is 60.7 Å². The SMILES string of the molecule is Cc1nc2c(c(=O)n1-c1ccccc1)c1nc3ccccc3nc1n2N=Cc1ccccc1. The number of aryl methyl sites for hydroxylation is 1. The molecule has 3 heterocycles. The third kappa shape index (κ3) is 3.10. The standard InChI is InChI=1S/C26H18N6O/c1-17-28-24-22(26(33)31(17)19-12-6-3-7-13-19)23-25(30-21-15-9-8-14-20(21)29-23)32(24)27-16-18-10-4-2-5-11-18/h2-16H,1H3. The van der Waals surface area contributed by atoms with E-state index in [2.05, 4.69) is 5.10 Å². The number of rotatable bonds is 3. The molecule has 0 N–H and O–H groups in total. The number of hydrogen-bond donors (Lipinski definition) is 0. The van der Waals surface area contributed by atoms with Crippen LogP contribution in [0.1, 0.15) is 11.4 Å². The summed E-state index contributed by atoms with van der Waals surface area (Å²) < 4.78 is 3.21. The van der Waals surface area contributed by atoms with Crippen LogP contribution in [0.3, 0.4) is 0 Å². The van der Waals surface area contributed by atoms with E-state index in [1.54, 1.807) is 15.5 Å². The fourth-order valence-electron chi connectivity index (χ4n) is 4.03. The van der Waals surface area contributed by atoms with Crippen molar-refractivity contribution in [1.29, 1.82) is 0 Å². The zero-order valence-electron chi connectivity index (χ0n) is 17.8. The van der Waals surface area contributed by atoms with Gasteiger partial charge in [0.15, 0.2) is 11.3 Å². The van der Waals surface area contributed by atoms with Gasteiger partial charge in [-0.2, -0.15) is 9.78 Å². The van der Waals surface area contributed by atoms with E-state index in [-0.39, 0.29) is 5.56 Å². The molecule has 0 aliphatic heterocycles. The molecule has 6 rings (SSSR count). The molecule has 0 saturated heterocycles. The van der Waals surface area contributed by atoms with Crippen LogP contribution in [0, 0.1) is 6.92 Å². The number of benzene rings is 3. The lowest BCUT2D eigenvalue weighted by Gasteiger charge is -2.09. The molecule has 0 amide bonds. The van der Waals surface area contributed by atoms with Gasteiger partial charge in [-0.25, -0.2) is 15.0 Å². The largest absolute Gasteiger partial charge is 0.269 e. The fourth-order valence-corrected chi connectivity index (χ4v) is 4.03. The predicted molar refractivity (Wildman–Crippen MR) is 130 cm³/mol. The van der Waals surface area contributed by atoms with E-state index in [1.165, 1.54) is 0 Å². The Labute approximate surface area is 188 Å². The van der Waals surface area contributed by atoms with Crippen LogP contribution < -0.4 is 5.56 Å². The molecular weight excluding hydrogens is 412 g/mol. The van der Waals surface area contributed by atoms with Crippen molar-refractivity contribution in [1.82, 2.24) is 24.2 Å². The maximum absolute atomic E-state index is 13.8. The Hall–Kier alpha value is -4.65. The normalized spacial score (nSPS) is 11.8. The van der Waals surface area contributed by atoms with Crippen LogP contribution in [-0.2, 0) is 0 Å². The Morgan fingerprint density at radius 3 is 2.12 bits per heavy atom. The molecule has 0 aliphatic carbocycles. The molecule has 0 unspecified atom stereocenters. The van der Waals surface area contributed by atoms with Crippen LogP contribution in [0.4, 0.5) is 0 Å². The second-order valence-electron chi connectivity index (χ2n) is 7.69. The summed E-state index contributed by atoms with van der Waals surface area (Å²) in [5.41, 5.74) is 4.31. The zero-order valence-corrected chi connectivity index (χ0v) is 17.8. The van der Waals surface area contributed by atoms with Crippen molar-refractivity contribution in [2.24, 2.45) is 5.10 Å². The molecule has 7 heteroatoms. The molecule has 0 radical (unpaired) electrons. The van der Waals surface area contributed by atoms with Crippen molar-refractivity contribution < 1.29 is 0 Å². The molecule has 0 spiro atoms. The number of hydrogen-bond acceptors (Lipinski definition) is 5. The fraction of sp³-hybridized carbons (Fsp3) is 0.0385. The van der Waals surface area contributed by atoms with Gasteiger partial charge in [0.2, 0.25) is 0 Å². The summed E-state index contributed by atoms with van der Waals surface area (Å²) in [7, 11) is 0. The van der Waals surface area contributed by atoms with E-state index in [1.807, 2.05) is 91.9 Å². The third-order valence-corrected chi connectivity index (χ3v) is 5.56. The highest BCUT2D eigenvalue weighted by atomic mass is 16.1. The third-order valence-electron chi connectivity index (χ3n) is 5.56. The van der Waals surface area contributed by atoms with Crippen molar-refractivity contribution in [3.05, 3.63) is 107 Å². The first-order chi connectivity index (χ1) is 16.2. The van der Waals surface area contributed by atoms with Crippen molar-refractivity contribution in [2.75, 3.05) is 0 Å². The molecule has 7 nitrogen and oxygen atoms in total. The van der Waals surface area contributed by atoms with Gasteiger partial charge in [-0.05, 0) is 36.8 Å². The topological polar surface area (TPSA) is 78.0 Å². The maximum atomic E-state index is 13.8. The summed E-state index contributed by atoms with van der Waals surface area (Å²) in [5, 5.41) is 5.05. The predicted octanol–water partition coefficient (Wildman–Crippen LogP) is 4.47. The number of para-hydroxylation sites is 3. The van der Waals surface area contributed by atoms with Crippen molar-refractivity contribution in [3.63, 3.8) is 0 Å². The van der Waals surface area contributed by atoms with Crippen LogP contribution in [0.25, 0.3) is 38.9 Å². The Kier molecular flexibility index (Phi) is 4.33. The molecule has 0 atom stereocenters. The monoisotopic (exact) mass is 430 g/mol. The van der Waals surface area contributed by atoms with Crippen molar-refractivity contribution >= 4 is 39.4 Å². The first-order valence-corrected chi connectivity index (χ1v) is 10.6. The highest BCUT2D eigenvalue weighted by Crippen LogP contribution is 2.26.